The topological polar surface area (TPSA) is 29.9 Å². The van der Waals surface area contributed by atoms with Crippen LogP contribution in [0.2, 0.25) is 0 Å². The van der Waals surface area contributed by atoms with Crippen LogP contribution >= 0.6 is 0 Å². The molecule has 100 valence electrons. The van der Waals surface area contributed by atoms with Gasteiger partial charge in [0.15, 0.2) is 0 Å². The predicted octanol–water partition coefficient (Wildman–Crippen LogP) is 2.39. The molecule has 1 N–H and O–H groups in total. The zero-order valence-electron chi connectivity index (χ0n) is 11.8. The summed E-state index contributed by atoms with van der Waals surface area (Å²) in [6.45, 7) is 5.25. The molecular formula is C15H25N3. The zero-order chi connectivity index (χ0) is 12.7. The molecule has 2 fully saturated rings. The summed E-state index contributed by atoms with van der Waals surface area (Å²) in [5, 5.41) is 8.11. The third kappa shape index (κ3) is 2.20. The summed E-state index contributed by atoms with van der Waals surface area (Å²) in [7, 11) is 2.12. The second-order valence-corrected chi connectivity index (χ2v) is 6.18. The number of likely N-dealkylation sites (N-methyl/N-ethyl adjacent to an activating group) is 1. The van der Waals surface area contributed by atoms with Crippen molar-refractivity contribution in [3.63, 3.8) is 0 Å². The van der Waals surface area contributed by atoms with Crippen molar-refractivity contribution in [2.75, 3.05) is 7.05 Å². The van der Waals surface area contributed by atoms with Crippen molar-refractivity contribution in [3.05, 3.63) is 17.5 Å². The molecule has 3 nitrogen and oxygen atoms in total. The van der Waals surface area contributed by atoms with E-state index in [-0.39, 0.29) is 0 Å². The minimum absolute atomic E-state index is 0.638. The maximum absolute atomic E-state index is 4.56. The number of aromatic nitrogens is 2. The fourth-order valence-electron chi connectivity index (χ4n) is 3.86. The van der Waals surface area contributed by atoms with Crippen molar-refractivity contribution in [1.29, 1.82) is 0 Å². The van der Waals surface area contributed by atoms with E-state index in [9.17, 15) is 0 Å². The molecule has 0 spiro atoms. The van der Waals surface area contributed by atoms with E-state index in [1.807, 2.05) is 0 Å². The van der Waals surface area contributed by atoms with Crippen molar-refractivity contribution >= 4 is 0 Å². The van der Waals surface area contributed by atoms with Gasteiger partial charge in [-0.15, -0.1) is 0 Å². The summed E-state index contributed by atoms with van der Waals surface area (Å²) in [4.78, 5) is 0. The number of fused-ring (bicyclic) bond motifs is 1. The van der Waals surface area contributed by atoms with Gasteiger partial charge in [-0.1, -0.05) is 0 Å². The number of rotatable bonds is 5. The lowest BCUT2D eigenvalue weighted by atomic mass is 9.91. The molecule has 1 aromatic rings. The Kier molecular flexibility index (Phi) is 3.18. The van der Waals surface area contributed by atoms with E-state index >= 15 is 0 Å². The second kappa shape index (κ2) is 4.69. The number of aryl methyl sites for hydroxylation is 2. The highest BCUT2D eigenvalue weighted by atomic mass is 15.3. The molecule has 3 unspecified atom stereocenters. The highest BCUT2D eigenvalue weighted by molar-refractivity contribution is 5.12. The molecular weight excluding hydrogens is 222 g/mol. The van der Waals surface area contributed by atoms with Crippen LogP contribution in [0, 0.1) is 24.7 Å². The van der Waals surface area contributed by atoms with Crippen molar-refractivity contribution in [2.45, 2.75) is 52.1 Å². The van der Waals surface area contributed by atoms with Gasteiger partial charge in [-0.3, -0.25) is 4.68 Å². The van der Waals surface area contributed by atoms with Gasteiger partial charge in [0.2, 0.25) is 0 Å². The fourth-order valence-corrected chi connectivity index (χ4v) is 3.86. The number of nitrogens with one attached hydrogen (secondary N) is 1. The summed E-state index contributed by atoms with van der Waals surface area (Å²) in [6.07, 6.45) is 5.55. The second-order valence-electron chi connectivity index (χ2n) is 6.18. The highest BCUT2D eigenvalue weighted by Crippen LogP contribution is 2.55. The van der Waals surface area contributed by atoms with E-state index in [2.05, 4.69) is 42.1 Å². The monoisotopic (exact) mass is 247 g/mol. The standard InChI is InChI=1S/C15H25N3/c1-4-18-14(5-10(2)17-18)9-15(16-3)13-7-11-6-12(11)8-13/h5,11-13,15-16H,4,6-9H2,1-3H3. The lowest BCUT2D eigenvalue weighted by Crippen LogP contribution is -2.35. The lowest BCUT2D eigenvalue weighted by Gasteiger charge is -2.24. The Morgan fingerprint density at radius 1 is 1.39 bits per heavy atom. The van der Waals surface area contributed by atoms with E-state index in [0.717, 1.165) is 36.4 Å². The molecule has 2 aliphatic rings. The first-order chi connectivity index (χ1) is 8.71. The van der Waals surface area contributed by atoms with Crippen LogP contribution in [0.25, 0.3) is 0 Å². The summed E-state index contributed by atoms with van der Waals surface area (Å²) in [6, 6.07) is 2.89. The molecule has 1 heterocycles. The Balaban J connectivity index is 1.68. The van der Waals surface area contributed by atoms with Crippen LogP contribution in [-0.4, -0.2) is 22.9 Å². The van der Waals surface area contributed by atoms with E-state index in [1.165, 1.54) is 25.0 Å². The van der Waals surface area contributed by atoms with Crippen molar-refractivity contribution in [2.24, 2.45) is 17.8 Å². The van der Waals surface area contributed by atoms with Crippen LogP contribution in [0.1, 0.15) is 37.6 Å². The Morgan fingerprint density at radius 3 is 2.72 bits per heavy atom. The van der Waals surface area contributed by atoms with Gasteiger partial charge in [-0.25, -0.2) is 0 Å². The average molecular weight is 247 g/mol. The number of hydrogen-bond donors (Lipinski definition) is 1. The lowest BCUT2D eigenvalue weighted by molar-refractivity contribution is 0.343. The van der Waals surface area contributed by atoms with E-state index in [1.54, 1.807) is 0 Å². The van der Waals surface area contributed by atoms with Gasteiger partial charge in [-0.05, 0) is 64.0 Å². The summed E-state index contributed by atoms with van der Waals surface area (Å²) < 4.78 is 2.16. The van der Waals surface area contributed by atoms with Crippen LogP contribution in [0.5, 0.6) is 0 Å². The molecule has 0 radical (unpaired) electrons. The molecule has 3 rings (SSSR count). The first-order valence-corrected chi connectivity index (χ1v) is 7.41. The summed E-state index contributed by atoms with van der Waals surface area (Å²) in [5.74, 6) is 3.03. The third-order valence-corrected chi connectivity index (χ3v) is 4.93. The summed E-state index contributed by atoms with van der Waals surface area (Å²) >= 11 is 0. The normalized spacial score (nSPS) is 31.4. The largest absolute Gasteiger partial charge is 0.316 e. The number of nitrogens with zero attached hydrogens (tertiary/aromatic N) is 2. The zero-order valence-corrected chi connectivity index (χ0v) is 11.8. The van der Waals surface area contributed by atoms with Gasteiger partial charge < -0.3 is 5.32 Å². The van der Waals surface area contributed by atoms with Gasteiger partial charge in [0.1, 0.15) is 0 Å². The quantitative estimate of drug-likeness (QED) is 0.866. The fraction of sp³-hybridized carbons (Fsp3) is 0.800. The smallest absolute Gasteiger partial charge is 0.0596 e. The Labute approximate surface area is 110 Å². The molecule has 18 heavy (non-hydrogen) atoms. The third-order valence-electron chi connectivity index (χ3n) is 4.93. The Bertz CT molecular complexity index is 413. The molecule has 0 bridgehead atoms. The minimum atomic E-state index is 0.638. The molecule has 0 saturated heterocycles. The van der Waals surface area contributed by atoms with Crippen molar-refractivity contribution in [1.82, 2.24) is 15.1 Å². The minimum Gasteiger partial charge on any atom is -0.316 e. The van der Waals surface area contributed by atoms with Crippen molar-refractivity contribution in [3.8, 4) is 0 Å². The molecule has 1 aromatic heterocycles. The van der Waals surface area contributed by atoms with Gasteiger partial charge in [-0.2, -0.15) is 5.10 Å². The molecule has 3 atom stereocenters. The first kappa shape index (κ1) is 12.2. The molecule has 3 heteroatoms. The highest BCUT2D eigenvalue weighted by Gasteiger charge is 2.47. The number of hydrogen-bond acceptors (Lipinski definition) is 2. The molecule has 0 amide bonds. The van der Waals surface area contributed by atoms with E-state index in [4.69, 9.17) is 0 Å². The SMILES string of the molecule is CCn1nc(C)cc1CC(NC)C1CC2CC2C1. The molecule has 0 aliphatic heterocycles. The van der Waals surface area contributed by atoms with Crippen LogP contribution in [0.15, 0.2) is 6.07 Å². The molecule has 2 aliphatic carbocycles. The maximum atomic E-state index is 4.56. The van der Waals surface area contributed by atoms with Crippen LogP contribution in [-0.2, 0) is 13.0 Å². The molecule has 2 saturated carbocycles. The van der Waals surface area contributed by atoms with E-state index < -0.39 is 0 Å². The maximum Gasteiger partial charge on any atom is 0.0596 e. The molecule has 0 aromatic carbocycles. The summed E-state index contributed by atoms with van der Waals surface area (Å²) in [5.41, 5.74) is 2.55. The van der Waals surface area contributed by atoms with Crippen LogP contribution in [0.3, 0.4) is 0 Å². The van der Waals surface area contributed by atoms with Gasteiger partial charge in [0.25, 0.3) is 0 Å². The van der Waals surface area contributed by atoms with Gasteiger partial charge in [0.05, 0.1) is 5.69 Å². The average Bonchev–Trinajstić information content (AvgIpc) is 2.82. The van der Waals surface area contributed by atoms with Gasteiger partial charge in [0, 0.05) is 24.7 Å². The van der Waals surface area contributed by atoms with Crippen LogP contribution < -0.4 is 5.32 Å². The first-order valence-electron chi connectivity index (χ1n) is 7.41. The Morgan fingerprint density at radius 2 is 2.11 bits per heavy atom. The van der Waals surface area contributed by atoms with Crippen molar-refractivity contribution < 1.29 is 0 Å². The Hall–Kier alpha value is -0.830. The van der Waals surface area contributed by atoms with E-state index in [0.29, 0.717) is 6.04 Å². The van der Waals surface area contributed by atoms with Crippen LogP contribution in [0.4, 0.5) is 0 Å². The van der Waals surface area contributed by atoms with Gasteiger partial charge >= 0.3 is 0 Å². The predicted molar refractivity (Wildman–Crippen MR) is 73.5 cm³/mol.